The van der Waals surface area contributed by atoms with Crippen molar-refractivity contribution in [2.24, 2.45) is 0 Å². The van der Waals surface area contributed by atoms with Crippen molar-refractivity contribution in [3.8, 4) is 0 Å². The number of hydrogen-bond acceptors (Lipinski definition) is 4. The van der Waals surface area contributed by atoms with Gasteiger partial charge in [-0.1, -0.05) is 19.1 Å². The van der Waals surface area contributed by atoms with Crippen LogP contribution in [0.15, 0.2) is 24.3 Å². The second-order valence-electron chi connectivity index (χ2n) is 5.58. The largest absolute Gasteiger partial charge is 0.379 e. The average molecular weight is 340 g/mol. The quantitative estimate of drug-likeness (QED) is 0.738. The Labute approximate surface area is 141 Å². The molecule has 1 amide bonds. The van der Waals surface area contributed by atoms with Crippen molar-refractivity contribution in [3.05, 3.63) is 35.6 Å². The number of halogens is 1. The highest BCUT2D eigenvalue weighted by Crippen LogP contribution is 2.22. The smallest absolute Gasteiger partial charge is 0.230 e. The molecule has 1 aliphatic rings. The van der Waals surface area contributed by atoms with Gasteiger partial charge in [0.15, 0.2) is 0 Å². The summed E-state index contributed by atoms with van der Waals surface area (Å²) >= 11 is 1.64. The van der Waals surface area contributed by atoms with E-state index in [1.165, 1.54) is 6.07 Å². The summed E-state index contributed by atoms with van der Waals surface area (Å²) in [4.78, 5) is 14.2. The molecule has 0 aliphatic carbocycles. The summed E-state index contributed by atoms with van der Waals surface area (Å²) < 4.78 is 19.0. The third-order valence-electron chi connectivity index (χ3n) is 3.79. The van der Waals surface area contributed by atoms with E-state index >= 15 is 0 Å². The van der Waals surface area contributed by atoms with Crippen molar-refractivity contribution >= 4 is 17.7 Å². The van der Waals surface area contributed by atoms with Crippen LogP contribution in [0.1, 0.15) is 24.9 Å². The van der Waals surface area contributed by atoms with E-state index in [0.29, 0.717) is 25.5 Å². The Morgan fingerprint density at radius 2 is 2.22 bits per heavy atom. The molecule has 1 aromatic carbocycles. The summed E-state index contributed by atoms with van der Waals surface area (Å²) in [5, 5.41) is 2.99. The highest BCUT2D eigenvalue weighted by Gasteiger charge is 2.23. The lowest BCUT2D eigenvalue weighted by Gasteiger charge is -2.35. The maximum Gasteiger partial charge on any atom is 0.230 e. The monoisotopic (exact) mass is 340 g/mol. The van der Waals surface area contributed by atoms with Crippen LogP contribution < -0.4 is 5.32 Å². The van der Waals surface area contributed by atoms with Crippen molar-refractivity contribution < 1.29 is 13.9 Å². The van der Waals surface area contributed by atoms with Crippen LogP contribution in [0.5, 0.6) is 0 Å². The number of nitrogens with zero attached hydrogens (tertiary/aromatic N) is 1. The summed E-state index contributed by atoms with van der Waals surface area (Å²) in [6.45, 7) is 5.53. The van der Waals surface area contributed by atoms with E-state index in [1.807, 2.05) is 6.07 Å². The van der Waals surface area contributed by atoms with Crippen molar-refractivity contribution in [3.63, 3.8) is 0 Å². The standard InChI is InChI=1S/C17H25FN2O2S/c1-2-10-23-13-17(21)19-12-16(20-6-8-22-9-7-20)14-4-3-5-15(18)11-14/h3-5,11,16H,2,6-10,12-13H2,1H3,(H,19,21)/t16-/m1/s1. The second-order valence-corrected chi connectivity index (χ2v) is 6.68. The molecule has 1 heterocycles. The average Bonchev–Trinajstić information content (AvgIpc) is 2.56. The number of nitrogens with one attached hydrogen (secondary N) is 1. The minimum atomic E-state index is -0.245. The number of benzene rings is 1. The van der Waals surface area contributed by atoms with Crippen molar-refractivity contribution in [1.29, 1.82) is 0 Å². The van der Waals surface area contributed by atoms with Gasteiger partial charge in [0.05, 0.1) is 25.0 Å². The van der Waals surface area contributed by atoms with E-state index < -0.39 is 0 Å². The summed E-state index contributed by atoms with van der Waals surface area (Å²) in [6, 6.07) is 6.62. The number of rotatable bonds is 8. The normalized spacial score (nSPS) is 17.0. The van der Waals surface area contributed by atoms with Crippen LogP contribution in [0.25, 0.3) is 0 Å². The van der Waals surface area contributed by atoms with Gasteiger partial charge < -0.3 is 10.1 Å². The van der Waals surface area contributed by atoms with Gasteiger partial charge in [0.1, 0.15) is 5.82 Å². The summed E-state index contributed by atoms with van der Waals surface area (Å²) in [5.41, 5.74) is 0.897. The van der Waals surface area contributed by atoms with E-state index in [-0.39, 0.29) is 17.8 Å². The van der Waals surface area contributed by atoms with Crippen LogP contribution in [-0.2, 0) is 9.53 Å². The van der Waals surface area contributed by atoms with Gasteiger partial charge in [0.2, 0.25) is 5.91 Å². The molecule has 2 rings (SSSR count). The lowest BCUT2D eigenvalue weighted by molar-refractivity contribution is -0.118. The Morgan fingerprint density at radius 3 is 2.91 bits per heavy atom. The van der Waals surface area contributed by atoms with Crippen LogP contribution in [0.2, 0.25) is 0 Å². The molecule has 1 aliphatic heterocycles. The van der Waals surface area contributed by atoms with Gasteiger partial charge in [-0.2, -0.15) is 11.8 Å². The highest BCUT2D eigenvalue weighted by atomic mass is 32.2. The molecule has 0 aromatic heterocycles. The summed E-state index contributed by atoms with van der Waals surface area (Å²) in [7, 11) is 0. The molecule has 1 N–H and O–H groups in total. The topological polar surface area (TPSA) is 41.6 Å². The van der Waals surface area contributed by atoms with E-state index in [2.05, 4.69) is 17.1 Å². The Morgan fingerprint density at radius 1 is 1.43 bits per heavy atom. The van der Waals surface area contributed by atoms with Crippen LogP contribution in [0, 0.1) is 5.82 Å². The second kappa shape index (κ2) is 9.90. The molecular formula is C17H25FN2O2S. The molecule has 128 valence electrons. The van der Waals surface area contributed by atoms with Crippen molar-refractivity contribution in [1.82, 2.24) is 10.2 Å². The number of amides is 1. The SMILES string of the molecule is CCCSCC(=O)NC[C@H](c1cccc(F)c1)N1CCOCC1. The predicted octanol–water partition coefficient (Wildman–Crippen LogP) is 2.46. The number of morpholine rings is 1. The molecular weight excluding hydrogens is 315 g/mol. The zero-order chi connectivity index (χ0) is 16.5. The number of thioether (sulfide) groups is 1. The van der Waals surface area contributed by atoms with Crippen LogP contribution in [-0.4, -0.2) is 55.2 Å². The Hall–Kier alpha value is -1.11. The predicted molar refractivity (Wildman–Crippen MR) is 92.2 cm³/mol. The maximum absolute atomic E-state index is 13.6. The number of hydrogen-bond donors (Lipinski definition) is 1. The number of carbonyl (C=O) groups excluding carboxylic acids is 1. The molecule has 0 saturated carbocycles. The number of carbonyl (C=O) groups is 1. The van der Waals surface area contributed by atoms with Gasteiger partial charge in [-0.05, 0) is 29.9 Å². The fourth-order valence-corrected chi connectivity index (χ4v) is 3.35. The van der Waals surface area contributed by atoms with Gasteiger partial charge in [0.25, 0.3) is 0 Å². The van der Waals surface area contributed by atoms with Gasteiger partial charge in [-0.15, -0.1) is 0 Å². The first kappa shape index (κ1) is 18.2. The van der Waals surface area contributed by atoms with Crippen LogP contribution >= 0.6 is 11.8 Å². The first-order valence-electron chi connectivity index (χ1n) is 8.12. The minimum Gasteiger partial charge on any atom is -0.379 e. The zero-order valence-electron chi connectivity index (χ0n) is 13.6. The highest BCUT2D eigenvalue weighted by molar-refractivity contribution is 7.99. The molecule has 0 unspecified atom stereocenters. The maximum atomic E-state index is 13.6. The molecule has 1 saturated heterocycles. The lowest BCUT2D eigenvalue weighted by atomic mass is 10.0. The summed E-state index contributed by atoms with van der Waals surface area (Å²) in [5.74, 6) is 1.26. The van der Waals surface area contributed by atoms with Gasteiger partial charge in [-0.25, -0.2) is 4.39 Å². The first-order valence-corrected chi connectivity index (χ1v) is 9.28. The fraction of sp³-hybridized carbons (Fsp3) is 0.588. The first-order chi connectivity index (χ1) is 11.2. The molecule has 1 atom stereocenters. The van der Waals surface area contributed by atoms with E-state index in [1.54, 1.807) is 23.9 Å². The molecule has 1 fully saturated rings. The molecule has 0 bridgehead atoms. The van der Waals surface area contributed by atoms with E-state index in [9.17, 15) is 9.18 Å². The van der Waals surface area contributed by atoms with Gasteiger partial charge in [-0.3, -0.25) is 9.69 Å². The van der Waals surface area contributed by atoms with Crippen LogP contribution in [0.3, 0.4) is 0 Å². The van der Waals surface area contributed by atoms with E-state index in [4.69, 9.17) is 4.74 Å². The molecule has 1 aromatic rings. The molecule has 0 spiro atoms. The minimum absolute atomic E-state index is 0.0188. The van der Waals surface area contributed by atoms with E-state index in [0.717, 1.165) is 30.8 Å². The molecule has 6 heteroatoms. The van der Waals surface area contributed by atoms with Gasteiger partial charge >= 0.3 is 0 Å². The lowest BCUT2D eigenvalue weighted by Crippen LogP contribution is -2.44. The molecule has 23 heavy (non-hydrogen) atoms. The van der Waals surface area contributed by atoms with Crippen molar-refractivity contribution in [2.45, 2.75) is 19.4 Å². The Bertz CT molecular complexity index is 495. The van der Waals surface area contributed by atoms with Crippen molar-refractivity contribution in [2.75, 3.05) is 44.4 Å². The van der Waals surface area contributed by atoms with Crippen LogP contribution in [0.4, 0.5) is 4.39 Å². The summed E-state index contributed by atoms with van der Waals surface area (Å²) in [6.07, 6.45) is 1.07. The zero-order valence-corrected chi connectivity index (χ0v) is 14.4. The Kier molecular flexibility index (Phi) is 7.85. The number of ether oxygens (including phenoxy) is 1. The van der Waals surface area contributed by atoms with Gasteiger partial charge in [0, 0.05) is 19.6 Å². The fourth-order valence-electron chi connectivity index (χ4n) is 2.63. The molecule has 0 radical (unpaired) electrons. The Balaban J connectivity index is 1.97. The third-order valence-corrected chi connectivity index (χ3v) is 4.96. The third kappa shape index (κ3) is 6.12. The molecule has 4 nitrogen and oxygen atoms in total.